The highest BCUT2D eigenvalue weighted by Crippen LogP contribution is 2.11. The average molecular weight is 266 g/mol. The second kappa shape index (κ2) is 6.08. The molecule has 19 heavy (non-hydrogen) atoms. The number of nitrogens with one attached hydrogen (secondary N) is 1. The summed E-state index contributed by atoms with van der Waals surface area (Å²) in [5.41, 5.74) is 0.360. The molecule has 1 amide bonds. The first-order valence-electron chi connectivity index (χ1n) is 5.79. The molecule has 2 aromatic rings. The van der Waals surface area contributed by atoms with Crippen molar-refractivity contribution < 1.29 is 18.1 Å². The van der Waals surface area contributed by atoms with Crippen LogP contribution in [0.15, 0.2) is 35.2 Å². The van der Waals surface area contributed by atoms with Gasteiger partial charge in [-0.1, -0.05) is 11.2 Å². The van der Waals surface area contributed by atoms with E-state index in [4.69, 9.17) is 0 Å². The maximum absolute atomic E-state index is 13.3. The fourth-order valence-corrected chi connectivity index (χ4v) is 1.65. The molecule has 2 rings (SSSR count). The monoisotopic (exact) mass is 266 g/mol. The third-order valence-corrected chi connectivity index (χ3v) is 2.60. The molecule has 0 radical (unpaired) electrons. The first-order valence-corrected chi connectivity index (χ1v) is 5.79. The number of hydrogen-bond donors (Lipinski definition) is 1. The smallest absolute Gasteiger partial charge is 0.257 e. The number of aromatic nitrogens is 1. The van der Waals surface area contributed by atoms with Crippen molar-refractivity contribution in [3.63, 3.8) is 0 Å². The molecule has 0 aliphatic heterocycles. The van der Waals surface area contributed by atoms with Crippen LogP contribution < -0.4 is 5.32 Å². The van der Waals surface area contributed by atoms with Gasteiger partial charge in [-0.3, -0.25) is 4.79 Å². The molecule has 0 unspecified atom stereocenters. The summed E-state index contributed by atoms with van der Waals surface area (Å²) in [4.78, 5) is 11.6. The van der Waals surface area contributed by atoms with Crippen LogP contribution in [-0.2, 0) is 6.42 Å². The molecule has 0 saturated carbocycles. The number of carbonyl (C=O) groups excluding carboxylic acids is 1. The van der Waals surface area contributed by atoms with E-state index < -0.39 is 23.1 Å². The Bertz CT molecular complexity index is 536. The van der Waals surface area contributed by atoms with Crippen molar-refractivity contribution in [1.29, 1.82) is 0 Å². The van der Waals surface area contributed by atoms with Gasteiger partial charge in [0.15, 0.2) is 0 Å². The highest BCUT2D eigenvalue weighted by atomic mass is 19.1. The third-order valence-electron chi connectivity index (χ3n) is 2.60. The molecule has 0 saturated heterocycles. The van der Waals surface area contributed by atoms with Crippen LogP contribution in [0.5, 0.6) is 0 Å². The molecule has 1 aromatic heterocycles. The molecule has 0 spiro atoms. The van der Waals surface area contributed by atoms with Gasteiger partial charge in [0, 0.05) is 12.1 Å². The lowest BCUT2D eigenvalue weighted by atomic mass is 10.1. The quantitative estimate of drug-likeness (QED) is 0.845. The van der Waals surface area contributed by atoms with E-state index in [0.29, 0.717) is 19.4 Å². The summed E-state index contributed by atoms with van der Waals surface area (Å²) in [7, 11) is 0. The second-order valence-corrected chi connectivity index (χ2v) is 3.99. The largest absolute Gasteiger partial charge is 0.364 e. The van der Waals surface area contributed by atoms with Crippen LogP contribution in [0.2, 0.25) is 0 Å². The molecule has 0 fully saturated rings. The number of halogens is 2. The van der Waals surface area contributed by atoms with Crippen molar-refractivity contribution in [2.75, 3.05) is 6.54 Å². The molecule has 100 valence electrons. The Balaban J connectivity index is 1.84. The predicted molar refractivity (Wildman–Crippen MR) is 63.5 cm³/mol. The van der Waals surface area contributed by atoms with Crippen molar-refractivity contribution in [2.45, 2.75) is 12.8 Å². The van der Waals surface area contributed by atoms with Crippen LogP contribution >= 0.6 is 0 Å². The fraction of sp³-hybridized carbons (Fsp3) is 0.231. The van der Waals surface area contributed by atoms with Gasteiger partial charge in [-0.2, -0.15) is 0 Å². The van der Waals surface area contributed by atoms with E-state index in [1.807, 2.05) is 0 Å². The summed E-state index contributed by atoms with van der Waals surface area (Å²) in [6.07, 6.45) is 4.39. The van der Waals surface area contributed by atoms with Gasteiger partial charge in [-0.25, -0.2) is 8.78 Å². The molecule has 1 aromatic carbocycles. The van der Waals surface area contributed by atoms with E-state index in [9.17, 15) is 13.6 Å². The number of benzene rings is 1. The van der Waals surface area contributed by atoms with E-state index in [1.54, 1.807) is 6.20 Å². The van der Waals surface area contributed by atoms with Crippen LogP contribution in [-0.4, -0.2) is 17.6 Å². The normalized spacial score (nSPS) is 10.4. The Morgan fingerprint density at radius 3 is 2.68 bits per heavy atom. The van der Waals surface area contributed by atoms with E-state index in [2.05, 4.69) is 15.0 Å². The Morgan fingerprint density at radius 1 is 1.32 bits per heavy atom. The van der Waals surface area contributed by atoms with Gasteiger partial charge >= 0.3 is 0 Å². The predicted octanol–water partition coefficient (Wildman–Crippen LogP) is 2.32. The van der Waals surface area contributed by atoms with Gasteiger partial charge in [0.05, 0.1) is 6.20 Å². The molecule has 0 aliphatic carbocycles. The molecule has 1 heterocycles. The highest BCUT2D eigenvalue weighted by molar-refractivity contribution is 5.94. The maximum atomic E-state index is 13.3. The van der Waals surface area contributed by atoms with Gasteiger partial charge in [-0.15, -0.1) is 0 Å². The minimum absolute atomic E-state index is 0.317. The Hall–Kier alpha value is -2.24. The molecular weight excluding hydrogens is 254 g/mol. The minimum atomic E-state index is -0.864. The Kier molecular flexibility index (Phi) is 4.22. The zero-order valence-corrected chi connectivity index (χ0v) is 10.0. The van der Waals surface area contributed by atoms with Crippen molar-refractivity contribution in [3.05, 3.63) is 53.4 Å². The van der Waals surface area contributed by atoms with E-state index in [1.165, 1.54) is 12.3 Å². The van der Waals surface area contributed by atoms with Gasteiger partial charge < -0.3 is 9.84 Å². The standard InChI is InChI=1S/C13H12F2N2O2/c14-10-4-1-5-11(15)12(10)13(18)16-6-2-3-9-7-17-19-8-9/h1,4-5,7-8H,2-3,6H2,(H,16,18). The summed E-state index contributed by atoms with van der Waals surface area (Å²) < 4.78 is 31.3. The zero-order valence-electron chi connectivity index (χ0n) is 10.0. The van der Waals surface area contributed by atoms with Crippen LogP contribution in [0, 0.1) is 11.6 Å². The number of hydrogen-bond acceptors (Lipinski definition) is 3. The van der Waals surface area contributed by atoms with Crippen LogP contribution in [0.25, 0.3) is 0 Å². The Morgan fingerprint density at radius 2 is 2.05 bits per heavy atom. The number of rotatable bonds is 5. The summed E-state index contributed by atoms with van der Waals surface area (Å²) in [6.45, 7) is 0.317. The molecular formula is C13H12F2N2O2. The Labute approximate surface area is 108 Å². The lowest BCUT2D eigenvalue weighted by molar-refractivity contribution is 0.0945. The molecule has 0 aliphatic rings. The topological polar surface area (TPSA) is 55.1 Å². The zero-order chi connectivity index (χ0) is 13.7. The first-order chi connectivity index (χ1) is 9.18. The summed E-state index contributed by atoms with van der Waals surface area (Å²) in [5, 5.41) is 6.02. The number of amides is 1. The number of carbonyl (C=O) groups is 1. The lowest BCUT2D eigenvalue weighted by Gasteiger charge is -2.06. The minimum Gasteiger partial charge on any atom is -0.364 e. The van der Waals surface area contributed by atoms with E-state index in [-0.39, 0.29) is 0 Å². The first kappa shape index (κ1) is 13.2. The molecule has 0 atom stereocenters. The molecule has 0 bridgehead atoms. The van der Waals surface area contributed by atoms with Gasteiger partial charge in [-0.05, 0) is 25.0 Å². The van der Waals surface area contributed by atoms with Crippen molar-refractivity contribution in [1.82, 2.24) is 10.5 Å². The van der Waals surface area contributed by atoms with Gasteiger partial charge in [0.2, 0.25) is 0 Å². The van der Waals surface area contributed by atoms with Gasteiger partial charge in [0.25, 0.3) is 5.91 Å². The number of aryl methyl sites for hydroxylation is 1. The molecule has 1 N–H and O–H groups in total. The van der Waals surface area contributed by atoms with Crippen LogP contribution in [0.1, 0.15) is 22.3 Å². The summed E-state index contributed by atoms with van der Waals surface area (Å²) >= 11 is 0. The van der Waals surface area contributed by atoms with Crippen molar-refractivity contribution >= 4 is 5.91 Å². The molecule has 6 heteroatoms. The van der Waals surface area contributed by atoms with Crippen LogP contribution in [0.4, 0.5) is 8.78 Å². The lowest BCUT2D eigenvalue weighted by Crippen LogP contribution is -2.26. The number of nitrogens with zero attached hydrogens (tertiary/aromatic N) is 1. The van der Waals surface area contributed by atoms with Gasteiger partial charge in [0.1, 0.15) is 23.5 Å². The van der Waals surface area contributed by atoms with Crippen LogP contribution in [0.3, 0.4) is 0 Å². The highest BCUT2D eigenvalue weighted by Gasteiger charge is 2.16. The summed E-state index contributed by atoms with van der Waals surface area (Å²) in [6, 6.07) is 3.32. The van der Waals surface area contributed by atoms with Crippen molar-refractivity contribution in [3.8, 4) is 0 Å². The fourth-order valence-electron chi connectivity index (χ4n) is 1.65. The third kappa shape index (κ3) is 3.37. The average Bonchev–Trinajstić information content (AvgIpc) is 2.87. The molecule has 4 nitrogen and oxygen atoms in total. The van der Waals surface area contributed by atoms with Crippen molar-refractivity contribution in [2.24, 2.45) is 0 Å². The second-order valence-electron chi connectivity index (χ2n) is 3.99. The van der Waals surface area contributed by atoms with E-state index >= 15 is 0 Å². The maximum Gasteiger partial charge on any atom is 0.257 e. The van der Waals surface area contributed by atoms with E-state index in [0.717, 1.165) is 17.7 Å². The summed E-state index contributed by atoms with van der Waals surface area (Å²) in [5.74, 6) is -2.48. The SMILES string of the molecule is O=C(NCCCc1cnoc1)c1c(F)cccc1F.